The first-order valence-corrected chi connectivity index (χ1v) is 10.7. The summed E-state index contributed by atoms with van der Waals surface area (Å²) in [5.74, 6) is 0.282. The fourth-order valence-electron chi connectivity index (χ4n) is 3.89. The Morgan fingerprint density at radius 2 is 1.79 bits per heavy atom. The summed E-state index contributed by atoms with van der Waals surface area (Å²) in [6.07, 6.45) is -0.956. The monoisotopic (exact) mass is 446 g/mol. The number of aliphatic hydroxyl groups is 1. The van der Waals surface area contributed by atoms with E-state index in [4.69, 9.17) is 9.47 Å². The molecule has 2 N–H and O–H groups in total. The van der Waals surface area contributed by atoms with E-state index < -0.39 is 12.1 Å². The summed E-state index contributed by atoms with van der Waals surface area (Å²) >= 11 is 0. The summed E-state index contributed by atoms with van der Waals surface area (Å²) < 4.78 is 10.9. The van der Waals surface area contributed by atoms with Crippen molar-refractivity contribution in [2.24, 2.45) is 0 Å². The van der Waals surface area contributed by atoms with Crippen molar-refractivity contribution in [2.75, 3.05) is 25.6 Å². The van der Waals surface area contributed by atoms with E-state index in [2.05, 4.69) is 5.32 Å². The van der Waals surface area contributed by atoms with E-state index >= 15 is 0 Å². The molecular weight excluding hydrogens is 420 g/mol. The number of morpholine rings is 1. The van der Waals surface area contributed by atoms with Gasteiger partial charge in [0, 0.05) is 23.4 Å². The van der Waals surface area contributed by atoms with Crippen molar-refractivity contribution in [3.05, 3.63) is 95.6 Å². The molecule has 33 heavy (non-hydrogen) atoms. The second-order valence-electron chi connectivity index (χ2n) is 7.80. The van der Waals surface area contributed by atoms with Crippen molar-refractivity contribution in [3.8, 4) is 5.75 Å². The smallest absolute Gasteiger partial charge is 0.255 e. The van der Waals surface area contributed by atoms with E-state index in [1.807, 2.05) is 30.3 Å². The highest BCUT2D eigenvalue weighted by molar-refractivity contribution is 6.04. The average molecular weight is 447 g/mol. The Bertz CT molecular complexity index is 1100. The third-order valence-corrected chi connectivity index (χ3v) is 5.68. The Hall–Kier alpha value is -3.68. The molecule has 7 heteroatoms. The first-order chi connectivity index (χ1) is 16.1. The van der Waals surface area contributed by atoms with Crippen molar-refractivity contribution in [3.63, 3.8) is 0 Å². The molecule has 4 rings (SSSR count). The van der Waals surface area contributed by atoms with Crippen LogP contribution in [-0.2, 0) is 16.1 Å². The van der Waals surface area contributed by atoms with Gasteiger partial charge in [-0.05, 0) is 35.9 Å². The quantitative estimate of drug-likeness (QED) is 0.581. The number of amides is 2. The van der Waals surface area contributed by atoms with Gasteiger partial charge < -0.3 is 24.8 Å². The highest BCUT2D eigenvalue weighted by Gasteiger charge is 2.35. The van der Waals surface area contributed by atoms with Crippen LogP contribution in [0, 0.1) is 0 Å². The van der Waals surface area contributed by atoms with Crippen LogP contribution in [-0.4, -0.2) is 48.2 Å². The topological polar surface area (TPSA) is 88.1 Å². The van der Waals surface area contributed by atoms with Gasteiger partial charge in [-0.3, -0.25) is 9.59 Å². The van der Waals surface area contributed by atoms with E-state index in [9.17, 15) is 14.7 Å². The Morgan fingerprint density at radius 3 is 2.52 bits per heavy atom. The lowest BCUT2D eigenvalue weighted by molar-refractivity contribution is -0.155. The number of hydrogen-bond donors (Lipinski definition) is 2. The van der Waals surface area contributed by atoms with E-state index in [-0.39, 0.29) is 25.0 Å². The summed E-state index contributed by atoms with van der Waals surface area (Å²) in [4.78, 5) is 26.6. The van der Waals surface area contributed by atoms with Gasteiger partial charge in [0.25, 0.3) is 5.91 Å². The zero-order chi connectivity index (χ0) is 23.2. The molecule has 2 unspecified atom stereocenters. The Morgan fingerprint density at radius 1 is 1.09 bits per heavy atom. The zero-order valence-corrected chi connectivity index (χ0v) is 18.3. The van der Waals surface area contributed by atoms with Gasteiger partial charge in [-0.25, -0.2) is 0 Å². The lowest BCUT2D eigenvalue weighted by Gasteiger charge is -2.38. The lowest BCUT2D eigenvalue weighted by atomic mass is 9.99. The molecule has 1 fully saturated rings. The zero-order valence-electron chi connectivity index (χ0n) is 18.3. The molecule has 0 bridgehead atoms. The van der Waals surface area contributed by atoms with Gasteiger partial charge in [0.05, 0.1) is 19.8 Å². The molecule has 1 aliphatic heterocycles. The van der Waals surface area contributed by atoms with Gasteiger partial charge >= 0.3 is 0 Å². The molecule has 1 heterocycles. The third-order valence-electron chi connectivity index (χ3n) is 5.68. The number of methoxy groups -OCH3 is 1. The molecule has 2 atom stereocenters. The summed E-state index contributed by atoms with van der Waals surface area (Å²) in [7, 11) is 1.59. The first kappa shape index (κ1) is 22.5. The molecular formula is C26H26N2O5. The van der Waals surface area contributed by atoms with Gasteiger partial charge in [-0.15, -0.1) is 0 Å². The fourth-order valence-corrected chi connectivity index (χ4v) is 3.89. The molecule has 0 aliphatic carbocycles. The normalized spacial score (nSPS) is 16.8. The largest absolute Gasteiger partial charge is 0.496 e. The van der Waals surface area contributed by atoms with Crippen molar-refractivity contribution in [1.29, 1.82) is 0 Å². The second kappa shape index (κ2) is 10.3. The minimum absolute atomic E-state index is 0.0250. The molecule has 0 aromatic heterocycles. The van der Waals surface area contributed by atoms with Crippen LogP contribution in [0.25, 0.3) is 0 Å². The minimum Gasteiger partial charge on any atom is -0.496 e. The van der Waals surface area contributed by atoms with Crippen molar-refractivity contribution < 1.29 is 24.2 Å². The number of carbonyl (C=O) groups is 2. The van der Waals surface area contributed by atoms with Crippen molar-refractivity contribution in [2.45, 2.75) is 18.7 Å². The standard InChI is InChI=1S/C26H26N2O5/c1-32-23-10-6-5-9-20(23)15-28-22(16-33-17-24(28)29)25(30)18-11-13-21(14-12-18)27-26(31)19-7-3-2-4-8-19/h2-14,22,25,30H,15-17H2,1H3,(H,27,31). The summed E-state index contributed by atoms with van der Waals surface area (Å²) in [6.45, 7) is 0.497. The molecule has 1 aliphatic rings. The summed E-state index contributed by atoms with van der Waals surface area (Å²) in [5.41, 5.74) is 2.65. The fraction of sp³-hybridized carbons (Fsp3) is 0.231. The maximum absolute atomic E-state index is 12.7. The van der Waals surface area contributed by atoms with Gasteiger partial charge in [0.2, 0.25) is 5.91 Å². The first-order valence-electron chi connectivity index (χ1n) is 10.7. The number of carbonyl (C=O) groups excluding carboxylic acids is 2. The van der Waals surface area contributed by atoms with Crippen LogP contribution in [0.3, 0.4) is 0 Å². The van der Waals surface area contributed by atoms with Crippen LogP contribution in [0.5, 0.6) is 5.75 Å². The number of nitrogens with one attached hydrogen (secondary N) is 1. The van der Waals surface area contributed by atoms with Crippen LogP contribution < -0.4 is 10.1 Å². The lowest BCUT2D eigenvalue weighted by Crippen LogP contribution is -2.51. The van der Waals surface area contributed by atoms with Crippen LogP contribution in [0.15, 0.2) is 78.9 Å². The minimum atomic E-state index is -0.956. The van der Waals surface area contributed by atoms with Gasteiger partial charge in [0.1, 0.15) is 18.5 Å². The molecule has 0 saturated carbocycles. The van der Waals surface area contributed by atoms with E-state index in [0.717, 1.165) is 5.56 Å². The van der Waals surface area contributed by atoms with Gasteiger partial charge in [-0.1, -0.05) is 48.5 Å². The van der Waals surface area contributed by atoms with Crippen LogP contribution in [0.2, 0.25) is 0 Å². The van der Waals surface area contributed by atoms with Gasteiger partial charge in [-0.2, -0.15) is 0 Å². The van der Waals surface area contributed by atoms with E-state index in [1.165, 1.54) is 0 Å². The molecule has 3 aromatic carbocycles. The number of nitrogens with zero attached hydrogens (tertiary/aromatic N) is 1. The number of aliphatic hydroxyl groups excluding tert-OH is 1. The molecule has 170 valence electrons. The maximum atomic E-state index is 12.7. The molecule has 3 aromatic rings. The Balaban J connectivity index is 1.48. The second-order valence-corrected chi connectivity index (χ2v) is 7.80. The van der Waals surface area contributed by atoms with Crippen LogP contribution in [0.1, 0.15) is 27.6 Å². The number of ether oxygens (including phenoxy) is 2. The molecule has 0 radical (unpaired) electrons. The van der Waals surface area contributed by atoms with Crippen molar-refractivity contribution in [1.82, 2.24) is 4.90 Å². The highest BCUT2D eigenvalue weighted by atomic mass is 16.5. The molecule has 1 saturated heterocycles. The summed E-state index contributed by atoms with van der Waals surface area (Å²) in [5, 5.41) is 13.9. The Labute approximate surface area is 192 Å². The number of anilines is 1. The number of hydrogen-bond acceptors (Lipinski definition) is 5. The van der Waals surface area contributed by atoms with Gasteiger partial charge in [0.15, 0.2) is 0 Å². The molecule has 2 amide bonds. The maximum Gasteiger partial charge on any atom is 0.255 e. The predicted molar refractivity (Wildman–Crippen MR) is 124 cm³/mol. The van der Waals surface area contributed by atoms with Crippen LogP contribution >= 0.6 is 0 Å². The van der Waals surface area contributed by atoms with Crippen LogP contribution in [0.4, 0.5) is 5.69 Å². The number of benzene rings is 3. The predicted octanol–water partition coefficient (Wildman–Crippen LogP) is 3.41. The Kier molecular flexibility index (Phi) is 7.02. The summed E-state index contributed by atoms with van der Waals surface area (Å²) in [6, 6.07) is 22.8. The molecule has 7 nitrogen and oxygen atoms in total. The van der Waals surface area contributed by atoms with E-state index in [0.29, 0.717) is 29.1 Å². The highest BCUT2D eigenvalue weighted by Crippen LogP contribution is 2.28. The SMILES string of the molecule is COc1ccccc1CN1C(=O)COCC1C(O)c1ccc(NC(=O)c2ccccc2)cc1. The van der Waals surface area contributed by atoms with Crippen molar-refractivity contribution >= 4 is 17.5 Å². The third kappa shape index (κ3) is 5.22. The number of para-hydroxylation sites is 1. The average Bonchev–Trinajstić information content (AvgIpc) is 2.86. The number of rotatable bonds is 7. The molecule has 0 spiro atoms. The van der Waals surface area contributed by atoms with E-state index in [1.54, 1.807) is 60.5 Å².